The number of aryl methyl sites for hydroxylation is 2. The van der Waals surface area contributed by atoms with Crippen LogP contribution in [0.2, 0.25) is 0 Å². The van der Waals surface area contributed by atoms with Gasteiger partial charge in [0.2, 0.25) is 0 Å². The second-order valence-corrected chi connectivity index (χ2v) is 14.0. The Kier molecular flexibility index (Phi) is 10.9. The zero-order valence-electron chi connectivity index (χ0n) is 21.3. The fourth-order valence-corrected chi connectivity index (χ4v) is 6.19. The molecule has 5 aromatic carbocycles. The van der Waals surface area contributed by atoms with E-state index < -0.39 is 20.8 Å². The summed E-state index contributed by atoms with van der Waals surface area (Å²) in [6.45, 7) is 4.50. The zero-order chi connectivity index (χ0) is 26.0. The molecule has 0 amide bonds. The minimum atomic E-state index is -0.826. The van der Waals surface area contributed by atoms with Crippen molar-refractivity contribution in [2.24, 2.45) is 0 Å². The van der Waals surface area contributed by atoms with Crippen LogP contribution in [0.15, 0.2) is 97.1 Å². The molecule has 5 aromatic rings. The number of hydrogen-bond donors (Lipinski definition) is 0. The van der Waals surface area contributed by atoms with Gasteiger partial charge in [-0.05, 0) is 18.4 Å². The molecule has 0 unspecified atom stereocenters. The maximum atomic E-state index is 4.93. The van der Waals surface area contributed by atoms with Gasteiger partial charge in [0, 0.05) is 0 Å². The topological polar surface area (TPSA) is 0 Å². The summed E-state index contributed by atoms with van der Waals surface area (Å²) in [7, 11) is 10.7. The van der Waals surface area contributed by atoms with E-state index in [1.54, 1.807) is 0 Å². The molecule has 0 saturated carbocycles. The first-order chi connectivity index (χ1) is 18.2. The van der Waals surface area contributed by atoms with Gasteiger partial charge in [0.05, 0.1) is 9.52 Å². The smallest absolute Gasteiger partial charge is 0.0920 e. The first kappa shape index (κ1) is 28.2. The van der Waals surface area contributed by atoms with Crippen molar-refractivity contribution in [2.45, 2.75) is 39.5 Å². The molecule has 0 aliphatic carbocycles. The van der Waals surface area contributed by atoms with E-state index in [9.17, 15) is 0 Å². The molecule has 0 atom stereocenters. The van der Waals surface area contributed by atoms with Crippen LogP contribution in [-0.4, -0.2) is 9.52 Å². The summed E-state index contributed by atoms with van der Waals surface area (Å²) >= 11 is -0.826. The fraction of sp³-hybridized carbons (Fsp3) is 0.182. The van der Waals surface area contributed by atoms with Crippen molar-refractivity contribution in [1.82, 2.24) is 0 Å². The molecule has 37 heavy (non-hydrogen) atoms. The number of halogens is 2. The molecular weight excluding hydrogens is 587 g/mol. The first-order valence-electron chi connectivity index (χ1n) is 12.8. The van der Waals surface area contributed by atoms with Crippen molar-refractivity contribution in [3.05, 3.63) is 114 Å². The molecular formula is C33H30Cl2SiZr. The average Bonchev–Trinajstić information content (AvgIpc) is 3.53. The third kappa shape index (κ3) is 6.98. The predicted molar refractivity (Wildman–Crippen MR) is 160 cm³/mol. The summed E-state index contributed by atoms with van der Waals surface area (Å²) in [4.78, 5) is 0. The summed E-state index contributed by atoms with van der Waals surface area (Å²) < 4.78 is 0. The van der Waals surface area contributed by atoms with Crippen LogP contribution < -0.4 is 10.4 Å². The van der Waals surface area contributed by atoms with Gasteiger partial charge in [-0.1, -0.05) is 103 Å². The van der Waals surface area contributed by atoms with Crippen molar-refractivity contribution >= 4 is 47.7 Å². The largest absolute Gasteiger partial charge is 0.184 e. The molecule has 4 heteroatoms. The average molecular weight is 617 g/mol. The maximum Gasteiger partial charge on any atom is 0.0920 e. The number of rotatable bonds is 5. The Bertz CT molecular complexity index is 1380. The van der Waals surface area contributed by atoms with Crippen LogP contribution in [-0.2, 0) is 33.7 Å². The van der Waals surface area contributed by atoms with Crippen LogP contribution in [0.25, 0.3) is 33.0 Å². The standard InChI is InChI=1S/C21H23.C12H7Si.2ClH.Zr/c1-3-5-9-16-14-19-13-12-17(4-2)21(20(19)15-16)18-10-7-6-8-11-18;1-3-7-11-9(5-1)10-6-2-4-8-12(10)13-11;;;/h6-8,10-15H,3-5,9H2,1-2H3;1-7H;2*1H;/q2*-1;;;+4/p-2. The summed E-state index contributed by atoms with van der Waals surface area (Å²) in [5.74, 6) is 0. The Morgan fingerprint density at radius 2 is 1.59 bits per heavy atom. The maximum absolute atomic E-state index is 4.93. The summed E-state index contributed by atoms with van der Waals surface area (Å²) in [6, 6.07) is 38.4. The van der Waals surface area contributed by atoms with E-state index in [0.29, 0.717) is 0 Å². The van der Waals surface area contributed by atoms with Gasteiger partial charge in [-0.2, -0.15) is 35.5 Å². The molecule has 0 N–H and O–H groups in total. The number of unbranched alkanes of at least 4 members (excludes halogenated alkanes) is 1. The summed E-state index contributed by atoms with van der Waals surface area (Å²) in [5, 5.41) is 5.63. The van der Waals surface area contributed by atoms with Crippen molar-refractivity contribution in [3.8, 4) is 22.3 Å². The van der Waals surface area contributed by atoms with Crippen LogP contribution in [0.5, 0.6) is 0 Å². The van der Waals surface area contributed by atoms with Crippen molar-refractivity contribution in [3.63, 3.8) is 0 Å². The summed E-state index contributed by atoms with van der Waals surface area (Å²) in [5.41, 5.74) is 8.47. The number of fused-ring (bicyclic) bond motifs is 4. The quantitative estimate of drug-likeness (QED) is 0.134. The Labute approximate surface area is 242 Å². The molecule has 1 aliphatic heterocycles. The minimum Gasteiger partial charge on any atom is -0.184 e. The van der Waals surface area contributed by atoms with Gasteiger partial charge >= 0.3 is 37.9 Å². The Morgan fingerprint density at radius 1 is 0.865 bits per heavy atom. The normalized spacial score (nSPS) is 10.9. The number of benzene rings is 4. The fourth-order valence-electron chi connectivity index (χ4n) is 4.88. The third-order valence-electron chi connectivity index (χ3n) is 6.63. The van der Waals surface area contributed by atoms with E-state index in [0.717, 1.165) is 15.9 Å². The third-order valence-corrected chi connectivity index (χ3v) is 8.00. The van der Waals surface area contributed by atoms with Crippen LogP contribution in [0, 0.1) is 6.07 Å². The Balaban J connectivity index is 0.000000170. The molecule has 0 spiro atoms. The van der Waals surface area contributed by atoms with Crippen molar-refractivity contribution < 1.29 is 20.8 Å². The van der Waals surface area contributed by atoms with Gasteiger partial charge in [0.1, 0.15) is 0 Å². The van der Waals surface area contributed by atoms with Crippen LogP contribution in [0.3, 0.4) is 0 Å². The molecule has 6 rings (SSSR count). The zero-order valence-corrected chi connectivity index (χ0v) is 26.3. The SMILES string of the molecule is CCCCc1cc2c(-c3ccccc3)c(CC)ccc2[cH-]1.[Cl][Zr+2][Cl].[c-]1cccc2c1[Si]c1ccccc1-2. The molecule has 184 valence electrons. The second-order valence-electron chi connectivity index (χ2n) is 8.99. The van der Waals surface area contributed by atoms with E-state index in [1.807, 2.05) is 6.07 Å². The Morgan fingerprint density at radius 3 is 2.35 bits per heavy atom. The van der Waals surface area contributed by atoms with Crippen molar-refractivity contribution in [2.75, 3.05) is 0 Å². The molecule has 0 fully saturated rings. The van der Waals surface area contributed by atoms with E-state index >= 15 is 0 Å². The van der Waals surface area contributed by atoms with Gasteiger partial charge in [-0.15, -0.1) is 40.1 Å². The van der Waals surface area contributed by atoms with Crippen molar-refractivity contribution in [1.29, 1.82) is 0 Å². The number of hydrogen-bond acceptors (Lipinski definition) is 0. The van der Waals surface area contributed by atoms with Gasteiger partial charge in [-0.3, -0.25) is 0 Å². The van der Waals surface area contributed by atoms with Crippen LogP contribution in [0.1, 0.15) is 37.8 Å². The monoisotopic (exact) mass is 614 g/mol. The molecule has 0 aromatic heterocycles. The van der Waals surface area contributed by atoms with Gasteiger partial charge in [-0.25, -0.2) is 0 Å². The second kappa shape index (κ2) is 14.4. The van der Waals surface area contributed by atoms with E-state index in [1.165, 1.54) is 73.8 Å². The molecule has 0 nitrogen and oxygen atoms in total. The Hall–Kier alpha value is -1.83. The van der Waals surface area contributed by atoms with Gasteiger partial charge < -0.3 is 0 Å². The first-order valence-corrected chi connectivity index (χ1v) is 20.1. The van der Waals surface area contributed by atoms with Crippen LogP contribution in [0.4, 0.5) is 0 Å². The van der Waals surface area contributed by atoms with Gasteiger partial charge in [0.25, 0.3) is 0 Å². The molecule has 1 aliphatic rings. The molecule has 2 radical (unpaired) electrons. The summed E-state index contributed by atoms with van der Waals surface area (Å²) in [6.07, 6.45) is 4.81. The van der Waals surface area contributed by atoms with E-state index in [4.69, 9.17) is 17.0 Å². The molecule has 1 heterocycles. The molecule has 0 saturated heterocycles. The molecule has 0 bridgehead atoms. The minimum absolute atomic E-state index is 0.795. The van der Waals surface area contributed by atoms with E-state index in [2.05, 4.69) is 111 Å². The predicted octanol–water partition coefficient (Wildman–Crippen LogP) is 8.63. The van der Waals surface area contributed by atoms with E-state index in [-0.39, 0.29) is 0 Å². The van der Waals surface area contributed by atoms with Crippen LogP contribution >= 0.6 is 17.0 Å². The van der Waals surface area contributed by atoms with Gasteiger partial charge in [0.15, 0.2) is 0 Å².